The summed E-state index contributed by atoms with van der Waals surface area (Å²) in [6.07, 6.45) is 2.93. The van der Waals surface area contributed by atoms with E-state index < -0.39 is 0 Å². The first kappa shape index (κ1) is 19.0. The monoisotopic (exact) mass is 385 g/mol. The number of guanidine groups is 1. The summed E-state index contributed by atoms with van der Waals surface area (Å²) >= 11 is 0. The highest BCUT2D eigenvalue weighted by Crippen LogP contribution is 2.20. The molecule has 4 rings (SSSR count). The molecular weight excluding hydrogens is 358 g/mol. The van der Waals surface area contributed by atoms with E-state index in [0.717, 1.165) is 43.3 Å². The number of pyridine rings is 1. The summed E-state index contributed by atoms with van der Waals surface area (Å²) in [6.45, 7) is 2.76. The number of anilines is 1. The number of hydrogen-bond acceptors (Lipinski definition) is 3. The molecule has 5 heteroatoms. The van der Waals surface area contributed by atoms with Gasteiger partial charge in [0.1, 0.15) is 0 Å². The third-order valence-corrected chi connectivity index (χ3v) is 5.22. The molecule has 0 amide bonds. The smallest absolute Gasteiger partial charge is 0.191 e. The van der Waals surface area contributed by atoms with Gasteiger partial charge in [-0.15, -0.1) is 0 Å². The largest absolute Gasteiger partial charge is 0.369 e. The molecule has 0 saturated carbocycles. The molecule has 3 aromatic rings. The van der Waals surface area contributed by atoms with Crippen molar-refractivity contribution in [1.29, 1.82) is 0 Å². The third kappa shape index (κ3) is 4.93. The second kappa shape index (κ2) is 9.24. The number of para-hydroxylation sites is 1. The van der Waals surface area contributed by atoms with E-state index in [9.17, 15) is 0 Å². The summed E-state index contributed by atoms with van der Waals surface area (Å²) in [4.78, 5) is 11.3. The molecule has 1 unspecified atom stereocenters. The normalized spacial score (nSPS) is 16.7. The second-order valence-corrected chi connectivity index (χ2v) is 7.25. The van der Waals surface area contributed by atoms with Gasteiger partial charge in [-0.1, -0.05) is 42.5 Å². The molecule has 1 fully saturated rings. The van der Waals surface area contributed by atoms with Crippen molar-refractivity contribution < 1.29 is 0 Å². The second-order valence-electron chi connectivity index (χ2n) is 7.25. The van der Waals surface area contributed by atoms with Crippen LogP contribution in [-0.2, 0) is 6.54 Å². The van der Waals surface area contributed by atoms with Crippen molar-refractivity contribution in [3.05, 3.63) is 84.6 Å². The zero-order valence-electron chi connectivity index (χ0n) is 16.8. The molecule has 0 aliphatic carbocycles. The highest BCUT2D eigenvalue weighted by atomic mass is 15.2. The fraction of sp³-hybridized carbons (Fsp3) is 0.250. The highest BCUT2D eigenvalue weighted by Gasteiger charge is 2.23. The minimum Gasteiger partial charge on any atom is -0.369 e. The van der Waals surface area contributed by atoms with Crippen LogP contribution in [0, 0.1) is 0 Å². The van der Waals surface area contributed by atoms with Gasteiger partial charge in [0.2, 0.25) is 0 Å². The van der Waals surface area contributed by atoms with Crippen LogP contribution in [0.5, 0.6) is 0 Å². The molecule has 0 bridgehead atoms. The van der Waals surface area contributed by atoms with Gasteiger partial charge < -0.3 is 15.5 Å². The van der Waals surface area contributed by atoms with E-state index in [1.807, 2.05) is 31.4 Å². The van der Waals surface area contributed by atoms with Crippen molar-refractivity contribution in [2.45, 2.75) is 19.0 Å². The quantitative estimate of drug-likeness (QED) is 0.520. The third-order valence-electron chi connectivity index (χ3n) is 5.22. The van der Waals surface area contributed by atoms with Crippen LogP contribution in [0.25, 0.3) is 11.3 Å². The lowest BCUT2D eigenvalue weighted by Crippen LogP contribution is -2.44. The molecule has 2 heterocycles. The highest BCUT2D eigenvalue weighted by molar-refractivity contribution is 5.80. The van der Waals surface area contributed by atoms with E-state index >= 15 is 0 Å². The minimum absolute atomic E-state index is 0.390. The minimum atomic E-state index is 0.390. The molecule has 2 N–H and O–H groups in total. The van der Waals surface area contributed by atoms with Gasteiger partial charge in [0.15, 0.2) is 5.96 Å². The van der Waals surface area contributed by atoms with E-state index in [4.69, 9.17) is 0 Å². The van der Waals surface area contributed by atoms with Crippen LogP contribution in [0.15, 0.2) is 84.0 Å². The lowest BCUT2D eigenvalue weighted by Gasteiger charge is -2.20. The fourth-order valence-electron chi connectivity index (χ4n) is 3.70. The predicted octanol–water partition coefficient (Wildman–Crippen LogP) is 3.69. The van der Waals surface area contributed by atoms with Crippen LogP contribution in [0.3, 0.4) is 0 Å². The SMILES string of the molecule is CN=C(NCc1cccc(-c2ccccn2)c1)NC1CCN(c2ccccc2)C1. The Balaban J connectivity index is 1.32. The van der Waals surface area contributed by atoms with E-state index in [2.05, 4.69) is 80.1 Å². The van der Waals surface area contributed by atoms with Crippen LogP contribution in [0.1, 0.15) is 12.0 Å². The lowest BCUT2D eigenvalue weighted by atomic mass is 10.1. The Bertz CT molecular complexity index is 940. The molecule has 0 spiro atoms. The van der Waals surface area contributed by atoms with Crippen molar-refractivity contribution in [2.75, 3.05) is 25.0 Å². The lowest BCUT2D eigenvalue weighted by molar-refractivity contribution is 0.648. The van der Waals surface area contributed by atoms with Crippen LogP contribution in [-0.4, -0.2) is 37.1 Å². The maximum Gasteiger partial charge on any atom is 0.191 e. The van der Waals surface area contributed by atoms with Crippen molar-refractivity contribution in [1.82, 2.24) is 15.6 Å². The zero-order valence-corrected chi connectivity index (χ0v) is 16.8. The molecule has 1 saturated heterocycles. The van der Waals surface area contributed by atoms with Crippen LogP contribution in [0.2, 0.25) is 0 Å². The van der Waals surface area contributed by atoms with Crippen molar-refractivity contribution >= 4 is 11.6 Å². The molecular formula is C24H27N5. The Morgan fingerprint density at radius 1 is 1.07 bits per heavy atom. The molecule has 148 valence electrons. The van der Waals surface area contributed by atoms with Gasteiger partial charge in [0, 0.05) is 50.2 Å². The van der Waals surface area contributed by atoms with Gasteiger partial charge >= 0.3 is 0 Å². The summed E-state index contributed by atoms with van der Waals surface area (Å²) in [5.41, 5.74) is 4.60. The summed E-state index contributed by atoms with van der Waals surface area (Å²) in [5, 5.41) is 7.01. The van der Waals surface area contributed by atoms with E-state index in [-0.39, 0.29) is 0 Å². The van der Waals surface area contributed by atoms with Crippen LogP contribution >= 0.6 is 0 Å². The average molecular weight is 386 g/mol. The Morgan fingerprint density at radius 3 is 2.72 bits per heavy atom. The molecule has 1 aromatic heterocycles. The first-order valence-electron chi connectivity index (χ1n) is 10.1. The molecule has 5 nitrogen and oxygen atoms in total. The van der Waals surface area contributed by atoms with E-state index in [0.29, 0.717) is 6.04 Å². The van der Waals surface area contributed by atoms with Gasteiger partial charge in [-0.3, -0.25) is 9.98 Å². The fourth-order valence-corrected chi connectivity index (χ4v) is 3.70. The number of aromatic nitrogens is 1. The summed E-state index contributed by atoms with van der Waals surface area (Å²) in [5.74, 6) is 0.841. The predicted molar refractivity (Wildman–Crippen MR) is 120 cm³/mol. The Kier molecular flexibility index (Phi) is 6.05. The number of rotatable bonds is 5. The number of nitrogens with zero attached hydrogens (tertiary/aromatic N) is 3. The molecule has 1 aliphatic heterocycles. The maximum atomic E-state index is 4.44. The summed E-state index contributed by atoms with van der Waals surface area (Å²) in [7, 11) is 1.82. The van der Waals surface area contributed by atoms with E-state index in [1.165, 1.54) is 11.3 Å². The van der Waals surface area contributed by atoms with Gasteiger partial charge in [0.25, 0.3) is 0 Å². The first-order chi connectivity index (χ1) is 14.3. The Hall–Kier alpha value is -3.34. The number of nitrogens with one attached hydrogen (secondary N) is 2. The molecule has 29 heavy (non-hydrogen) atoms. The van der Waals surface area contributed by atoms with Gasteiger partial charge in [-0.05, 0) is 42.3 Å². The number of benzene rings is 2. The summed E-state index contributed by atoms with van der Waals surface area (Å²) < 4.78 is 0. The molecule has 0 radical (unpaired) electrons. The van der Waals surface area contributed by atoms with Crippen molar-refractivity contribution in [2.24, 2.45) is 4.99 Å². The summed E-state index contributed by atoms with van der Waals surface area (Å²) in [6, 6.07) is 25.4. The average Bonchev–Trinajstić information content (AvgIpc) is 3.26. The van der Waals surface area contributed by atoms with Gasteiger partial charge in [0.05, 0.1) is 5.69 Å². The molecule has 1 atom stereocenters. The van der Waals surface area contributed by atoms with E-state index in [1.54, 1.807) is 0 Å². The molecule has 1 aliphatic rings. The standard InChI is InChI=1S/C24H27N5/c1-25-24(28-21-13-15-29(18-21)22-10-3-2-4-11-22)27-17-19-8-7-9-20(16-19)23-12-5-6-14-26-23/h2-12,14,16,21H,13,15,17-18H2,1H3,(H2,25,27,28). The number of hydrogen-bond donors (Lipinski definition) is 2. The zero-order chi connectivity index (χ0) is 19.9. The topological polar surface area (TPSA) is 52.6 Å². The Labute approximate surface area is 172 Å². The first-order valence-corrected chi connectivity index (χ1v) is 10.1. The maximum absolute atomic E-state index is 4.44. The van der Waals surface area contributed by atoms with Crippen molar-refractivity contribution in [3.63, 3.8) is 0 Å². The van der Waals surface area contributed by atoms with Crippen LogP contribution in [0.4, 0.5) is 5.69 Å². The molecule has 2 aromatic carbocycles. The van der Waals surface area contributed by atoms with Gasteiger partial charge in [-0.2, -0.15) is 0 Å². The Morgan fingerprint density at radius 2 is 1.93 bits per heavy atom. The van der Waals surface area contributed by atoms with Gasteiger partial charge in [-0.25, -0.2) is 0 Å². The van der Waals surface area contributed by atoms with Crippen molar-refractivity contribution in [3.8, 4) is 11.3 Å². The number of aliphatic imine (C=N–C) groups is 1. The van der Waals surface area contributed by atoms with Crippen LogP contribution < -0.4 is 15.5 Å².